The lowest BCUT2D eigenvalue weighted by atomic mass is 10.1. The first-order chi connectivity index (χ1) is 11.8. The van der Waals surface area contributed by atoms with Crippen LogP contribution >= 0.6 is 34.5 Å². The summed E-state index contributed by atoms with van der Waals surface area (Å²) >= 11 is 13.3. The largest absolute Gasteiger partial charge is 0.350 e. The summed E-state index contributed by atoms with van der Waals surface area (Å²) in [5.74, 6) is -0.253. The first-order valence-electron chi connectivity index (χ1n) is 7.12. The van der Waals surface area contributed by atoms with Crippen molar-refractivity contribution in [2.24, 2.45) is 5.14 Å². The molecule has 0 saturated carbocycles. The van der Waals surface area contributed by atoms with Crippen molar-refractivity contribution < 1.29 is 13.2 Å². The van der Waals surface area contributed by atoms with E-state index in [-0.39, 0.29) is 10.8 Å². The minimum Gasteiger partial charge on any atom is -0.350 e. The van der Waals surface area contributed by atoms with Crippen LogP contribution in [0, 0.1) is 0 Å². The predicted molar refractivity (Wildman–Crippen MR) is 100 cm³/mol. The number of halogens is 2. The monoisotopic (exact) mass is 417 g/mol. The molecule has 0 aliphatic rings. The molecule has 3 aromatic rings. The van der Waals surface area contributed by atoms with Gasteiger partial charge in [-0.05, 0) is 30.2 Å². The van der Waals surface area contributed by atoms with Gasteiger partial charge in [-0.3, -0.25) is 4.79 Å². The fourth-order valence-corrected chi connectivity index (χ4v) is 4.30. The van der Waals surface area contributed by atoms with Crippen molar-refractivity contribution in [2.75, 3.05) is 6.54 Å². The number of sulfonamides is 1. The van der Waals surface area contributed by atoms with Crippen molar-refractivity contribution in [3.8, 4) is 0 Å². The van der Waals surface area contributed by atoms with Gasteiger partial charge in [-0.2, -0.15) is 0 Å². The van der Waals surface area contributed by atoms with Crippen molar-refractivity contribution in [1.29, 1.82) is 0 Å². The van der Waals surface area contributed by atoms with E-state index >= 15 is 0 Å². The smallest absolute Gasteiger partial charge is 0.267 e. The first-order valence-corrected chi connectivity index (χ1v) is 10.2. The number of carbonyl (C=O) groups excluding carboxylic acids is 1. The fourth-order valence-electron chi connectivity index (χ4n) is 2.30. The molecule has 1 amide bonds. The molecule has 6 nitrogen and oxygen atoms in total. The molecule has 0 aliphatic carbocycles. The number of thiophene rings is 1. The van der Waals surface area contributed by atoms with Gasteiger partial charge in [0.25, 0.3) is 5.91 Å². The Morgan fingerprint density at radius 3 is 2.52 bits per heavy atom. The number of aromatic amines is 1. The highest BCUT2D eigenvalue weighted by Crippen LogP contribution is 2.38. The van der Waals surface area contributed by atoms with Gasteiger partial charge in [0.2, 0.25) is 10.0 Å². The number of amides is 1. The number of primary sulfonamides is 1. The molecule has 0 radical (unpaired) electrons. The number of benzene rings is 1. The molecule has 0 fully saturated rings. The third-order valence-corrected chi connectivity index (χ3v) is 6.43. The Bertz CT molecular complexity index is 1040. The molecule has 0 spiro atoms. The Labute approximate surface area is 158 Å². The zero-order chi connectivity index (χ0) is 18.2. The van der Waals surface area contributed by atoms with Crippen molar-refractivity contribution in [3.63, 3.8) is 0 Å². The highest BCUT2D eigenvalue weighted by atomic mass is 35.5. The number of rotatable bonds is 5. The second kappa shape index (κ2) is 6.97. The number of nitrogens with two attached hydrogens (primary N) is 1. The number of carbonyl (C=O) groups is 1. The lowest BCUT2D eigenvalue weighted by molar-refractivity contribution is 0.0950. The van der Waals surface area contributed by atoms with Gasteiger partial charge in [-0.1, -0.05) is 35.3 Å². The lowest BCUT2D eigenvalue weighted by Gasteiger charge is -2.05. The van der Waals surface area contributed by atoms with E-state index in [0.717, 1.165) is 10.3 Å². The van der Waals surface area contributed by atoms with E-state index in [1.807, 2.05) is 0 Å². The SMILES string of the molecule is NS(=O)(=O)c1ccc(CCNC(=O)c2cc3sc(Cl)c(Cl)c3[nH]2)cc1. The number of aromatic nitrogens is 1. The maximum atomic E-state index is 12.2. The number of hydrogen-bond acceptors (Lipinski definition) is 4. The maximum absolute atomic E-state index is 12.2. The molecule has 25 heavy (non-hydrogen) atoms. The molecular weight excluding hydrogens is 405 g/mol. The van der Waals surface area contributed by atoms with Crippen LogP contribution < -0.4 is 10.5 Å². The molecule has 0 unspecified atom stereocenters. The van der Waals surface area contributed by atoms with Crippen LogP contribution in [-0.2, 0) is 16.4 Å². The van der Waals surface area contributed by atoms with Crippen LogP contribution in [0.3, 0.4) is 0 Å². The summed E-state index contributed by atoms with van der Waals surface area (Å²) in [6.07, 6.45) is 0.554. The summed E-state index contributed by atoms with van der Waals surface area (Å²) in [6, 6.07) is 7.92. The van der Waals surface area contributed by atoms with Gasteiger partial charge in [0, 0.05) is 6.54 Å². The summed E-state index contributed by atoms with van der Waals surface area (Å²) in [4.78, 5) is 15.2. The number of hydrogen-bond donors (Lipinski definition) is 3. The van der Waals surface area contributed by atoms with E-state index in [2.05, 4.69) is 10.3 Å². The van der Waals surface area contributed by atoms with E-state index in [1.54, 1.807) is 18.2 Å². The van der Waals surface area contributed by atoms with Crippen LogP contribution in [0.4, 0.5) is 0 Å². The normalized spacial score (nSPS) is 11.8. The summed E-state index contributed by atoms with van der Waals surface area (Å²) in [6.45, 7) is 0.398. The predicted octanol–water partition coefficient (Wildman–Crippen LogP) is 3.16. The number of H-pyrrole nitrogens is 1. The van der Waals surface area contributed by atoms with Gasteiger partial charge >= 0.3 is 0 Å². The first kappa shape index (κ1) is 18.2. The molecule has 1 aromatic carbocycles. The van der Waals surface area contributed by atoms with Crippen molar-refractivity contribution in [1.82, 2.24) is 10.3 Å². The fraction of sp³-hybridized carbons (Fsp3) is 0.133. The lowest BCUT2D eigenvalue weighted by Crippen LogP contribution is -2.26. The Morgan fingerprint density at radius 2 is 1.92 bits per heavy atom. The second-order valence-corrected chi connectivity index (χ2v) is 8.90. The van der Waals surface area contributed by atoms with Gasteiger partial charge in [0.15, 0.2) is 0 Å². The Balaban J connectivity index is 1.60. The summed E-state index contributed by atoms with van der Waals surface area (Å²) in [7, 11) is -3.70. The molecule has 4 N–H and O–H groups in total. The second-order valence-electron chi connectivity index (χ2n) is 5.31. The van der Waals surface area contributed by atoms with Gasteiger partial charge in [-0.25, -0.2) is 13.6 Å². The van der Waals surface area contributed by atoms with Crippen LogP contribution in [0.5, 0.6) is 0 Å². The maximum Gasteiger partial charge on any atom is 0.267 e. The Hall–Kier alpha value is -1.58. The van der Waals surface area contributed by atoms with E-state index in [9.17, 15) is 13.2 Å². The number of fused-ring (bicyclic) bond motifs is 1. The van der Waals surface area contributed by atoms with Crippen LogP contribution in [-0.4, -0.2) is 25.9 Å². The minimum absolute atomic E-state index is 0.0577. The highest BCUT2D eigenvalue weighted by molar-refractivity contribution is 7.89. The molecule has 10 heteroatoms. The van der Waals surface area contributed by atoms with E-state index in [1.165, 1.54) is 23.5 Å². The quantitative estimate of drug-likeness (QED) is 0.593. The van der Waals surface area contributed by atoms with Crippen LogP contribution in [0.15, 0.2) is 35.2 Å². The minimum atomic E-state index is -3.70. The third-order valence-electron chi connectivity index (χ3n) is 3.57. The molecule has 2 aromatic heterocycles. The molecule has 0 bridgehead atoms. The zero-order valence-corrected chi connectivity index (χ0v) is 15.8. The standard InChI is InChI=1S/C15H13Cl2N3O3S2/c16-12-13-11(24-14(12)17)7-10(20-13)15(21)19-6-5-8-1-3-9(4-2-8)25(18,22)23/h1-4,7,20H,5-6H2,(H,19,21)(H2,18,22,23). The molecule has 0 aliphatic heterocycles. The highest BCUT2D eigenvalue weighted by Gasteiger charge is 2.15. The molecular formula is C15H13Cl2N3O3S2. The molecule has 0 atom stereocenters. The molecule has 132 valence electrons. The van der Waals surface area contributed by atoms with Gasteiger partial charge < -0.3 is 10.3 Å². The zero-order valence-electron chi connectivity index (χ0n) is 12.7. The van der Waals surface area contributed by atoms with Crippen molar-refractivity contribution in [2.45, 2.75) is 11.3 Å². The number of nitrogens with one attached hydrogen (secondary N) is 2. The summed E-state index contributed by atoms with van der Waals surface area (Å²) in [5, 5.41) is 8.25. The van der Waals surface area contributed by atoms with Crippen LogP contribution in [0.1, 0.15) is 16.1 Å². The summed E-state index contributed by atoms with van der Waals surface area (Å²) in [5.41, 5.74) is 1.94. The van der Waals surface area contributed by atoms with Crippen LogP contribution in [0.2, 0.25) is 9.36 Å². The average Bonchev–Trinajstić information content (AvgIpc) is 3.07. The van der Waals surface area contributed by atoms with Crippen LogP contribution in [0.25, 0.3) is 10.2 Å². The molecule has 0 saturated heterocycles. The molecule has 2 heterocycles. The third kappa shape index (κ3) is 3.99. The van der Waals surface area contributed by atoms with E-state index < -0.39 is 10.0 Å². The van der Waals surface area contributed by atoms with E-state index in [0.29, 0.717) is 33.5 Å². The Kier molecular flexibility index (Phi) is 5.08. The van der Waals surface area contributed by atoms with Gasteiger partial charge in [0.1, 0.15) is 10.0 Å². The topological polar surface area (TPSA) is 105 Å². The van der Waals surface area contributed by atoms with Gasteiger partial charge in [0.05, 0.1) is 20.1 Å². The van der Waals surface area contributed by atoms with E-state index in [4.69, 9.17) is 28.3 Å². The van der Waals surface area contributed by atoms with Crippen molar-refractivity contribution >= 4 is 60.7 Å². The summed E-state index contributed by atoms with van der Waals surface area (Å²) < 4.78 is 23.7. The Morgan fingerprint density at radius 1 is 1.24 bits per heavy atom. The average molecular weight is 418 g/mol. The van der Waals surface area contributed by atoms with Gasteiger partial charge in [-0.15, -0.1) is 11.3 Å². The molecule has 3 rings (SSSR count). The van der Waals surface area contributed by atoms with Crippen molar-refractivity contribution in [3.05, 3.63) is 50.9 Å².